The minimum absolute atomic E-state index is 0.0435. The third-order valence-corrected chi connectivity index (χ3v) is 6.77. The smallest absolute Gasteiger partial charge is 0.341 e. The van der Waals surface area contributed by atoms with Crippen molar-refractivity contribution >= 4 is 57.7 Å². The lowest BCUT2D eigenvalue weighted by atomic mass is 9.92. The van der Waals surface area contributed by atoms with E-state index >= 15 is 0 Å². The number of thiophene rings is 1. The van der Waals surface area contributed by atoms with Gasteiger partial charge < -0.3 is 20.7 Å². The number of hydrogen-bond donors (Lipinski definition) is 3. The summed E-state index contributed by atoms with van der Waals surface area (Å²) in [5, 5.41) is 8.19. The van der Waals surface area contributed by atoms with Gasteiger partial charge in [0.1, 0.15) is 17.1 Å². The van der Waals surface area contributed by atoms with E-state index in [9.17, 15) is 24.0 Å². The number of esters is 1. The van der Waals surface area contributed by atoms with Crippen molar-refractivity contribution in [1.29, 1.82) is 0 Å². The van der Waals surface area contributed by atoms with Crippen LogP contribution in [0.25, 0.3) is 0 Å². The number of amides is 5. The first-order valence-electron chi connectivity index (χ1n) is 10.3. The second kappa shape index (κ2) is 9.82. The van der Waals surface area contributed by atoms with E-state index in [0.717, 1.165) is 16.2 Å². The Morgan fingerprint density at radius 1 is 1.21 bits per heavy atom. The van der Waals surface area contributed by atoms with Crippen LogP contribution in [0.5, 0.6) is 0 Å². The quantitative estimate of drug-likeness (QED) is 0.390. The monoisotopic (exact) mass is 506 g/mol. The first kappa shape index (κ1) is 25.2. The first-order valence-corrected chi connectivity index (χ1v) is 11.5. The van der Waals surface area contributed by atoms with Crippen LogP contribution in [0.3, 0.4) is 0 Å². The average molecular weight is 507 g/mol. The van der Waals surface area contributed by atoms with Crippen LogP contribution in [-0.2, 0) is 19.9 Å². The Labute approximate surface area is 204 Å². The van der Waals surface area contributed by atoms with E-state index < -0.39 is 41.8 Å². The molecule has 3 rings (SSSR count). The van der Waals surface area contributed by atoms with Gasteiger partial charge in [-0.05, 0) is 44.0 Å². The summed E-state index contributed by atoms with van der Waals surface area (Å²) in [6.07, 6.45) is 0. The van der Waals surface area contributed by atoms with Crippen LogP contribution in [0.1, 0.15) is 45.0 Å². The standard InChI is InChI=1S/C22H23ClN4O6S/c1-5-33-19(30)15-11(2)16(17(29)24-4)34-18(15)25-14(28)10-27-20(31)22(3,26-21(27)32)12-6-8-13(23)9-7-12/h6-9H,5,10H2,1-4H3,(H,24,29)(H,25,28)(H,26,32)/t22-/m0/s1. The molecular weight excluding hydrogens is 484 g/mol. The number of nitrogens with zero attached hydrogens (tertiary/aromatic N) is 1. The molecule has 0 spiro atoms. The summed E-state index contributed by atoms with van der Waals surface area (Å²) in [5.41, 5.74) is -0.471. The zero-order valence-electron chi connectivity index (χ0n) is 18.9. The third-order valence-electron chi connectivity index (χ3n) is 5.31. The fourth-order valence-corrected chi connectivity index (χ4v) is 4.79. The summed E-state index contributed by atoms with van der Waals surface area (Å²) in [6.45, 7) is 4.24. The van der Waals surface area contributed by atoms with Gasteiger partial charge >= 0.3 is 12.0 Å². The van der Waals surface area contributed by atoms with Crippen LogP contribution in [0, 0.1) is 6.92 Å². The van der Waals surface area contributed by atoms with E-state index in [-0.39, 0.29) is 22.0 Å². The lowest BCUT2D eigenvalue weighted by Gasteiger charge is -2.22. The van der Waals surface area contributed by atoms with Crippen LogP contribution < -0.4 is 16.0 Å². The number of nitrogens with one attached hydrogen (secondary N) is 3. The number of rotatable bonds is 7. The molecule has 0 unspecified atom stereocenters. The Hall–Kier alpha value is -3.44. The van der Waals surface area contributed by atoms with Crippen molar-refractivity contribution in [3.63, 3.8) is 0 Å². The topological polar surface area (TPSA) is 134 Å². The number of halogens is 1. The molecule has 5 amide bonds. The van der Waals surface area contributed by atoms with Crippen molar-refractivity contribution in [2.75, 3.05) is 25.5 Å². The van der Waals surface area contributed by atoms with Gasteiger partial charge in [0.25, 0.3) is 11.8 Å². The lowest BCUT2D eigenvalue weighted by Crippen LogP contribution is -2.42. The molecular formula is C22H23ClN4O6S. The highest BCUT2D eigenvalue weighted by molar-refractivity contribution is 7.18. The second-order valence-corrected chi connectivity index (χ2v) is 9.02. The first-order chi connectivity index (χ1) is 16.0. The van der Waals surface area contributed by atoms with Gasteiger partial charge in [0, 0.05) is 12.1 Å². The minimum Gasteiger partial charge on any atom is -0.462 e. The van der Waals surface area contributed by atoms with Crippen molar-refractivity contribution in [2.24, 2.45) is 0 Å². The zero-order chi connectivity index (χ0) is 25.2. The normalized spacial score (nSPS) is 17.4. The van der Waals surface area contributed by atoms with Crippen molar-refractivity contribution in [2.45, 2.75) is 26.3 Å². The maximum absolute atomic E-state index is 13.1. The van der Waals surface area contributed by atoms with Crippen LogP contribution in [0.4, 0.5) is 9.80 Å². The Bertz CT molecular complexity index is 1180. The molecule has 1 saturated heterocycles. The van der Waals surface area contributed by atoms with Gasteiger partial charge in [-0.15, -0.1) is 11.3 Å². The molecule has 1 aliphatic heterocycles. The molecule has 0 bridgehead atoms. The molecule has 1 aromatic carbocycles. The number of anilines is 1. The predicted molar refractivity (Wildman–Crippen MR) is 126 cm³/mol. The van der Waals surface area contributed by atoms with Crippen LogP contribution in [-0.4, -0.2) is 54.8 Å². The summed E-state index contributed by atoms with van der Waals surface area (Å²) in [5.74, 6) is -2.47. The van der Waals surface area contributed by atoms with Crippen LogP contribution in [0.15, 0.2) is 24.3 Å². The maximum Gasteiger partial charge on any atom is 0.341 e. The van der Waals surface area contributed by atoms with Crippen LogP contribution in [0.2, 0.25) is 5.02 Å². The summed E-state index contributed by atoms with van der Waals surface area (Å²) in [4.78, 5) is 64.1. The maximum atomic E-state index is 13.1. The van der Waals surface area contributed by atoms with Gasteiger partial charge in [0.05, 0.1) is 17.0 Å². The molecule has 12 heteroatoms. The van der Waals surface area contributed by atoms with Crippen LogP contribution >= 0.6 is 22.9 Å². The van der Waals surface area contributed by atoms with Gasteiger partial charge in [-0.3, -0.25) is 19.3 Å². The highest BCUT2D eigenvalue weighted by Gasteiger charge is 2.49. The molecule has 1 aromatic heterocycles. The molecule has 0 saturated carbocycles. The molecule has 0 aliphatic carbocycles. The number of carbonyl (C=O) groups excluding carboxylic acids is 5. The number of imide groups is 1. The summed E-state index contributed by atoms with van der Waals surface area (Å²) in [7, 11) is 1.44. The second-order valence-electron chi connectivity index (χ2n) is 7.56. The van der Waals surface area contributed by atoms with Gasteiger partial charge in [-0.2, -0.15) is 0 Å². The van der Waals surface area contributed by atoms with Gasteiger partial charge in [-0.1, -0.05) is 23.7 Å². The molecule has 34 heavy (non-hydrogen) atoms. The highest BCUT2D eigenvalue weighted by atomic mass is 35.5. The fraction of sp³-hybridized carbons (Fsp3) is 0.318. The van der Waals surface area contributed by atoms with Crippen molar-refractivity contribution < 1.29 is 28.7 Å². The lowest BCUT2D eigenvalue weighted by molar-refractivity contribution is -0.133. The van der Waals surface area contributed by atoms with E-state index in [1.165, 1.54) is 14.0 Å². The van der Waals surface area contributed by atoms with E-state index in [4.69, 9.17) is 16.3 Å². The van der Waals surface area contributed by atoms with Crippen molar-refractivity contribution in [1.82, 2.24) is 15.5 Å². The molecule has 1 atom stereocenters. The Balaban J connectivity index is 1.83. The number of carbonyl (C=O) groups is 5. The van der Waals surface area contributed by atoms with Gasteiger partial charge in [-0.25, -0.2) is 9.59 Å². The van der Waals surface area contributed by atoms with Gasteiger partial charge in [0.2, 0.25) is 5.91 Å². The molecule has 0 radical (unpaired) electrons. The van der Waals surface area contributed by atoms with E-state index in [1.807, 2.05) is 0 Å². The third kappa shape index (κ3) is 4.62. The van der Waals surface area contributed by atoms with E-state index in [2.05, 4.69) is 16.0 Å². The largest absolute Gasteiger partial charge is 0.462 e. The number of hydrogen-bond acceptors (Lipinski definition) is 7. The Kier molecular flexibility index (Phi) is 7.27. The average Bonchev–Trinajstić information content (AvgIpc) is 3.22. The summed E-state index contributed by atoms with van der Waals surface area (Å²) in [6, 6.07) is 5.68. The van der Waals surface area contributed by atoms with E-state index in [1.54, 1.807) is 38.1 Å². The highest BCUT2D eigenvalue weighted by Crippen LogP contribution is 2.34. The molecule has 180 valence electrons. The molecule has 2 aromatic rings. The summed E-state index contributed by atoms with van der Waals surface area (Å²) >= 11 is 6.80. The Morgan fingerprint density at radius 2 is 1.85 bits per heavy atom. The molecule has 1 aliphatic rings. The molecule has 10 nitrogen and oxygen atoms in total. The molecule has 3 N–H and O–H groups in total. The number of ether oxygens (including phenoxy) is 1. The number of benzene rings is 1. The zero-order valence-corrected chi connectivity index (χ0v) is 20.5. The summed E-state index contributed by atoms with van der Waals surface area (Å²) < 4.78 is 5.06. The SMILES string of the molecule is CCOC(=O)c1c(NC(=O)CN2C(=O)N[C@@](C)(c3ccc(Cl)cc3)C2=O)sc(C(=O)NC)c1C. The van der Waals surface area contributed by atoms with Gasteiger partial charge in [0.15, 0.2) is 0 Å². The van der Waals surface area contributed by atoms with Crippen molar-refractivity contribution in [3.05, 3.63) is 50.9 Å². The molecule has 1 fully saturated rings. The fourth-order valence-electron chi connectivity index (χ4n) is 3.51. The predicted octanol–water partition coefficient (Wildman–Crippen LogP) is 2.65. The van der Waals surface area contributed by atoms with Crippen molar-refractivity contribution in [3.8, 4) is 0 Å². The number of urea groups is 1. The molecule has 2 heterocycles. The minimum atomic E-state index is -1.37. The van der Waals surface area contributed by atoms with E-state index in [0.29, 0.717) is 16.1 Å². The Morgan fingerprint density at radius 3 is 2.44 bits per heavy atom.